The van der Waals surface area contributed by atoms with E-state index in [0.717, 1.165) is 66.6 Å². The van der Waals surface area contributed by atoms with E-state index in [9.17, 15) is 13.6 Å². The van der Waals surface area contributed by atoms with E-state index in [-0.39, 0.29) is 17.2 Å². The lowest BCUT2D eigenvalue weighted by Gasteiger charge is -2.34. The molecule has 0 amide bonds. The standard InChI is InChI=1S/C30H35F2N5O2.C2H6/c1-18-11-25-27(36(2)30(18)38)13-22(39-3)14-28(25)37-10-4-5-19-12-23(24(29(31)32)15-26(19)37)20(16-33)17-35-21-6-8-34-9-7-21;1-2/h11-17,21,29,34H,4-10,33H2,1-3H3;1-2H3/b20-16+,35-17?;. The molecule has 7 nitrogen and oxygen atoms in total. The Balaban J connectivity index is 0.00000189. The highest BCUT2D eigenvalue weighted by atomic mass is 19.3. The normalized spacial score (nSPS) is 16.2. The highest BCUT2D eigenvalue weighted by Gasteiger charge is 2.26. The van der Waals surface area contributed by atoms with Gasteiger partial charge in [0.15, 0.2) is 0 Å². The van der Waals surface area contributed by atoms with Crippen LogP contribution in [-0.4, -0.2) is 43.6 Å². The molecule has 0 saturated carbocycles. The first kappa shape index (κ1) is 30.2. The van der Waals surface area contributed by atoms with Crippen molar-refractivity contribution in [1.82, 2.24) is 9.88 Å². The molecule has 0 radical (unpaired) electrons. The number of benzene rings is 2. The summed E-state index contributed by atoms with van der Waals surface area (Å²) in [7, 11) is 3.31. The molecule has 220 valence electrons. The first-order chi connectivity index (χ1) is 19.8. The average molecular weight is 566 g/mol. The maximum Gasteiger partial charge on any atom is 0.264 e. The number of anilines is 2. The third kappa shape index (κ3) is 6.15. The number of aryl methyl sites for hydroxylation is 3. The molecule has 0 unspecified atom stereocenters. The smallest absolute Gasteiger partial charge is 0.264 e. The lowest BCUT2D eigenvalue weighted by molar-refractivity contribution is 0.151. The number of hydrogen-bond acceptors (Lipinski definition) is 6. The van der Waals surface area contributed by atoms with Gasteiger partial charge in [-0.25, -0.2) is 8.78 Å². The zero-order valence-electron chi connectivity index (χ0n) is 24.6. The van der Waals surface area contributed by atoms with E-state index in [1.54, 1.807) is 37.9 Å². The number of pyridine rings is 1. The fourth-order valence-electron chi connectivity index (χ4n) is 5.69. The van der Waals surface area contributed by atoms with E-state index >= 15 is 0 Å². The van der Waals surface area contributed by atoms with Crippen LogP contribution < -0.4 is 26.2 Å². The van der Waals surface area contributed by atoms with Gasteiger partial charge in [0.25, 0.3) is 12.0 Å². The number of allylic oxidation sites excluding steroid dienone is 1. The van der Waals surface area contributed by atoms with E-state index in [0.29, 0.717) is 29.0 Å². The summed E-state index contributed by atoms with van der Waals surface area (Å²) < 4.78 is 36.3. The van der Waals surface area contributed by atoms with Crippen molar-refractivity contribution >= 4 is 34.1 Å². The van der Waals surface area contributed by atoms with Crippen LogP contribution in [0.4, 0.5) is 20.2 Å². The second-order valence-corrected chi connectivity index (χ2v) is 10.3. The zero-order valence-corrected chi connectivity index (χ0v) is 24.6. The van der Waals surface area contributed by atoms with Crippen molar-refractivity contribution in [3.8, 4) is 5.75 Å². The molecule has 0 atom stereocenters. The number of halogens is 2. The van der Waals surface area contributed by atoms with Gasteiger partial charge in [0.1, 0.15) is 5.75 Å². The number of fused-ring (bicyclic) bond motifs is 2. The van der Waals surface area contributed by atoms with Crippen LogP contribution in [0.15, 0.2) is 46.3 Å². The number of methoxy groups -OCH3 is 1. The van der Waals surface area contributed by atoms with Gasteiger partial charge in [-0.15, -0.1) is 0 Å². The van der Waals surface area contributed by atoms with E-state index < -0.39 is 6.43 Å². The molecule has 1 saturated heterocycles. The topological polar surface area (TPSA) is 84.9 Å². The summed E-state index contributed by atoms with van der Waals surface area (Å²) >= 11 is 0. The Labute approximate surface area is 240 Å². The maximum absolute atomic E-state index is 14.5. The molecule has 2 aliphatic rings. The monoisotopic (exact) mass is 565 g/mol. The summed E-state index contributed by atoms with van der Waals surface area (Å²) in [5.74, 6) is 0.594. The third-order valence-electron chi connectivity index (χ3n) is 7.83. The minimum Gasteiger partial charge on any atom is -0.497 e. The van der Waals surface area contributed by atoms with Gasteiger partial charge in [0, 0.05) is 65.9 Å². The zero-order chi connectivity index (χ0) is 29.7. The molecule has 1 fully saturated rings. The molecule has 0 aliphatic carbocycles. The number of rotatable bonds is 6. The number of aromatic nitrogens is 1. The van der Waals surface area contributed by atoms with Crippen LogP contribution in [0.25, 0.3) is 16.5 Å². The highest BCUT2D eigenvalue weighted by molar-refractivity contribution is 6.10. The largest absolute Gasteiger partial charge is 0.497 e. The van der Waals surface area contributed by atoms with Crippen molar-refractivity contribution in [2.45, 2.75) is 58.9 Å². The molecule has 41 heavy (non-hydrogen) atoms. The van der Waals surface area contributed by atoms with Crippen molar-refractivity contribution in [2.75, 3.05) is 31.6 Å². The van der Waals surface area contributed by atoms with E-state index in [4.69, 9.17) is 10.5 Å². The molecule has 3 heterocycles. The molecule has 2 aromatic carbocycles. The number of nitrogens with two attached hydrogens (primary N) is 1. The summed E-state index contributed by atoms with van der Waals surface area (Å²) in [6.45, 7) is 8.23. The molecule has 2 aliphatic heterocycles. The fourth-order valence-corrected chi connectivity index (χ4v) is 5.69. The van der Waals surface area contributed by atoms with Crippen molar-refractivity contribution < 1.29 is 13.5 Å². The Morgan fingerprint density at radius 3 is 2.54 bits per heavy atom. The number of piperidine rings is 1. The fraction of sp³-hybridized carbons (Fsp3) is 0.438. The predicted molar refractivity (Wildman–Crippen MR) is 165 cm³/mol. The Kier molecular flexibility index (Phi) is 9.81. The second-order valence-electron chi connectivity index (χ2n) is 10.3. The van der Waals surface area contributed by atoms with Crippen molar-refractivity contribution in [2.24, 2.45) is 17.8 Å². The molecule has 3 N–H and O–H groups in total. The van der Waals surface area contributed by atoms with Crippen molar-refractivity contribution in [1.29, 1.82) is 0 Å². The van der Waals surface area contributed by atoms with Gasteiger partial charge in [-0.05, 0) is 75.0 Å². The number of hydrogen-bond donors (Lipinski definition) is 2. The first-order valence-electron chi connectivity index (χ1n) is 14.4. The van der Waals surface area contributed by atoms with Crippen LogP contribution in [0, 0.1) is 6.92 Å². The van der Waals surface area contributed by atoms with E-state index in [1.807, 2.05) is 38.1 Å². The summed E-state index contributed by atoms with van der Waals surface area (Å²) in [6, 6.07) is 9.21. The number of nitrogens with one attached hydrogen (secondary N) is 1. The molecular formula is C32H41F2N5O2. The van der Waals surface area contributed by atoms with E-state index in [1.165, 1.54) is 6.20 Å². The predicted octanol–water partition coefficient (Wildman–Crippen LogP) is 6.03. The Morgan fingerprint density at radius 1 is 1.15 bits per heavy atom. The highest BCUT2D eigenvalue weighted by Crippen LogP contribution is 2.43. The quantitative estimate of drug-likeness (QED) is 0.357. The van der Waals surface area contributed by atoms with Gasteiger partial charge in [-0.1, -0.05) is 13.8 Å². The van der Waals surface area contributed by atoms with Gasteiger partial charge in [0.05, 0.1) is 24.4 Å². The van der Waals surface area contributed by atoms with Crippen molar-refractivity contribution in [3.05, 3.63) is 69.1 Å². The minimum absolute atomic E-state index is 0.0788. The van der Waals surface area contributed by atoms with Crippen LogP contribution in [0.2, 0.25) is 0 Å². The summed E-state index contributed by atoms with van der Waals surface area (Å²) in [5, 5.41) is 4.17. The lowest BCUT2D eigenvalue weighted by atomic mass is 9.91. The Bertz CT molecular complexity index is 1510. The second kappa shape index (κ2) is 13.3. The number of alkyl halides is 2. The number of ether oxygens (including phenoxy) is 1. The number of aliphatic imine (C=N–C) groups is 1. The van der Waals surface area contributed by atoms with E-state index in [2.05, 4.69) is 15.2 Å². The van der Waals surface area contributed by atoms with Crippen molar-refractivity contribution in [3.63, 3.8) is 0 Å². The van der Waals surface area contributed by atoms with Gasteiger partial charge in [-0.3, -0.25) is 9.79 Å². The molecule has 5 rings (SSSR count). The molecule has 0 bridgehead atoms. The Morgan fingerprint density at radius 2 is 1.88 bits per heavy atom. The van der Waals surface area contributed by atoms with Gasteiger partial charge in [0.2, 0.25) is 0 Å². The molecule has 1 aromatic heterocycles. The average Bonchev–Trinajstić information content (AvgIpc) is 3.00. The molecule has 0 spiro atoms. The Hall–Kier alpha value is -3.72. The van der Waals surface area contributed by atoms with Crippen LogP contribution >= 0.6 is 0 Å². The van der Waals surface area contributed by atoms with Crippen LogP contribution in [0.3, 0.4) is 0 Å². The maximum atomic E-state index is 14.5. The van der Waals surface area contributed by atoms with Crippen LogP contribution in [0.1, 0.15) is 61.8 Å². The lowest BCUT2D eigenvalue weighted by Crippen LogP contribution is -2.29. The first-order valence-corrected chi connectivity index (χ1v) is 14.4. The summed E-state index contributed by atoms with van der Waals surface area (Å²) in [4.78, 5) is 19.4. The summed E-state index contributed by atoms with van der Waals surface area (Å²) in [5.41, 5.74) is 10.6. The van der Waals surface area contributed by atoms with Crippen LogP contribution in [0.5, 0.6) is 5.75 Å². The van der Waals surface area contributed by atoms with Gasteiger partial charge in [-0.2, -0.15) is 0 Å². The summed E-state index contributed by atoms with van der Waals surface area (Å²) in [6.07, 6.45) is 3.76. The minimum atomic E-state index is -2.69. The van der Waals surface area contributed by atoms with Gasteiger partial charge < -0.3 is 25.3 Å². The molecule has 3 aromatic rings. The van der Waals surface area contributed by atoms with Crippen LogP contribution in [-0.2, 0) is 13.5 Å². The van der Waals surface area contributed by atoms with Gasteiger partial charge >= 0.3 is 0 Å². The molecule has 9 heteroatoms. The molecular weight excluding hydrogens is 524 g/mol. The SMILES string of the molecule is CC.COc1cc(N2CCCc3cc(/C(C=NC4CCNCC4)=C/N)c(C(F)F)cc32)c2cc(C)c(=O)n(C)c2c1. The third-order valence-corrected chi connectivity index (χ3v) is 7.83. The number of nitrogens with zero attached hydrogens (tertiary/aromatic N) is 3.